The lowest BCUT2D eigenvalue weighted by Crippen LogP contribution is -2.31. The van der Waals surface area contributed by atoms with E-state index in [0.29, 0.717) is 12.2 Å². The highest BCUT2D eigenvalue weighted by molar-refractivity contribution is 6.04. The summed E-state index contributed by atoms with van der Waals surface area (Å²) in [5, 5.41) is 2.83. The fraction of sp³-hybridized carbons (Fsp3) is 0.231. The Morgan fingerprint density at radius 2 is 1.69 bits per heavy atom. The summed E-state index contributed by atoms with van der Waals surface area (Å²) in [5.74, 6) is -0.900. The van der Waals surface area contributed by atoms with Crippen LogP contribution in [-0.4, -0.2) is 30.8 Å². The lowest BCUT2D eigenvalue weighted by Gasteiger charge is -2.30. The first-order valence-corrected chi connectivity index (χ1v) is 10.5. The van der Waals surface area contributed by atoms with E-state index in [1.807, 2.05) is 68.4 Å². The summed E-state index contributed by atoms with van der Waals surface area (Å²) in [6.45, 7) is 3.94. The van der Waals surface area contributed by atoms with Gasteiger partial charge in [0.2, 0.25) is 5.91 Å². The molecule has 0 saturated heterocycles. The number of benzene rings is 3. The number of halogens is 1. The zero-order chi connectivity index (χ0) is 23.3. The second-order valence-electron chi connectivity index (χ2n) is 7.94. The Hall–Kier alpha value is -3.67. The van der Waals surface area contributed by atoms with Gasteiger partial charge < -0.3 is 15.1 Å². The Kier molecular flexibility index (Phi) is 7.25. The molecule has 3 rings (SSSR count). The molecule has 0 aromatic heterocycles. The lowest BCUT2D eigenvalue weighted by molar-refractivity contribution is -0.131. The third-order valence-electron chi connectivity index (χ3n) is 5.40. The second-order valence-corrected chi connectivity index (χ2v) is 7.94. The molecule has 0 aliphatic carbocycles. The van der Waals surface area contributed by atoms with Crippen LogP contribution < -0.4 is 10.2 Å². The maximum absolute atomic E-state index is 13.5. The molecule has 1 atom stereocenters. The number of carbonyl (C=O) groups is 2. The summed E-state index contributed by atoms with van der Waals surface area (Å²) < 4.78 is 13.5. The minimum absolute atomic E-state index is 0.0414. The van der Waals surface area contributed by atoms with E-state index in [4.69, 9.17) is 0 Å². The molecule has 0 aliphatic heterocycles. The average molecular weight is 434 g/mol. The first kappa shape index (κ1) is 23.0. The number of rotatable bonds is 7. The van der Waals surface area contributed by atoms with Crippen LogP contribution in [0, 0.1) is 5.82 Å². The monoisotopic (exact) mass is 433 g/mol. The van der Waals surface area contributed by atoms with Crippen molar-refractivity contribution < 1.29 is 14.0 Å². The molecule has 0 aliphatic rings. The summed E-state index contributed by atoms with van der Waals surface area (Å²) >= 11 is 0. The predicted octanol–water partition coefficient (Wildman–Crippen LogP) is 5.25. The van der Waals surface area contributed by atoms with Gasteiger partial charge in [-0.1, -0.05) is 36.4 Å². The Balaban J connectivity index is 1.89. The molecular formula is C26H28FN3O2. The number of hydrogen-bond donors (Lipinski definition) is 1. The molecular weight excluding hydrogens is 405 g/mol. The second kappa shape index (κ2) is 10.1. The van der Waals surface area contributed by atoms with Crippen molar-refractivity contribution in [2.24, 2.45) is 0 Å². The number of nitrogens with zero attached hydrogens (tertiary/aromatic N) is 2. The summed E-state index contributed by atoms with van der Waals surface area (Å²) in [6.07, 6.45) is 0. The molecule has 1 N–H and O–H groups in total. The van der Waals surface area contributed by atoms with Crippen LogP contribution in [0.15, 0.2) is 72.8 Å². The topological polar surface area (TPSA) is 52.7 Å². The molecule has 6 heteroatoms. The van der Waals surface area contributed by atoms with Crippen LogP contribution in [0.5, 0.6) is 0 Å². The Bertz CT molecular complexity index is 1100. The van der Waals surface area contributed by atoms with Crippen LogP contribution in [0.4, 0.5) is 15.8 Å². The highest BCUT2D eigenvalue weighted by Gasteiger charge is 2.21. The van der Waals surface area contributed by atoms with E-state index in [-0.39, 0.29) is 17.5 Å². The maximum atomic E-state index is 13.5. The van der Waals surface area contributed by atoms with Gasteiger partial charge in [-0.15, -0.1) is 0 Å². The van der Waals surface area contributed by atoms with Gasteiger partial charge in [-0.2, -0.15) is 0 Å². The molecule has 3 aromatic carbocycles. The minimum atomic E-state index is -0.465. The van der Waals surface area contributed by atoms with E-state index in [2.05, 4.69) is 5.32 Å². The quantitative estimate of drug-likeness (QED) is 0.553. The van der Waals surface area contributed by atoms with Crippen LogP contribution in [0.3, 0.4) is 0 Å². The molecule has 0 unspecified atom stereocenters. The summed E-state index contributed by atoms with van der Waals surface area (Å²) in [7, 11) is 3.87. The molecule has 32 heavy (non-hydrogen) atoms. The van der Waals surface area contributed by atoms with Gasteiger partial charge in [0.1, 0.15) is 5.82 Å². The van der Waals surface area contributed by atoms with Gasteiger partial charge in [0, 0.05) is 44.5 Å². The van der Waals surface area contributed by atoms with Crippen molar-refractivity contribution in [3.8, 4) is 0 Å². The fourth-order valence-electron chi connectivity index (χ4n) is 3.68. The molecule has 0 bridgehead atoms. The zero-order valence-electron chi connectivity index (χ0n) is 18.8. The largest absolute Gasteiger partial charge is 0.377 e. The highest BCUT2D eigenvalue weighted by atomic mass is 19.1. The van der Waals surface area contributed by atoms with Gasteiger partial charge in [-0.3, -0.25) is 9.59 Å². The molecule has 166 valence electrons. The van der Waals surface area contributed by atoms with Crippen molar-refractivity contribution >= 4 is 23.2 Å². The minimum Gasteiger partial charge on any atom is -0.377 e. The number of amides is 2. The van der Waals surface area contributed by atoms with Crippen molar-refractivity contribution in [1.29, 1.82) is 0 Å². The van der Waals surface area contributed by atoms with Crippen LogP contribution in [0.25, 0.3) is 0 Å². The molecule has 0 saturated carbocycles. The van der Waals surface area contributed by atoms with Crippen molar-refractivity contribution in [2.75, 3.05) is 24.3 Å². The van der Waals surface area contributed by atoms with E-state index < -0.39 is 11.7 Å². The molecule has 0 spiro atoms. The number of carbonyl (C=O) groups excluding carboxylic acids is 2. The first-order valence-electron chi connectivity index (χ1n) is 10.5. The third kappa shape index (κ3) is 5.52. The van der Waals surface area contributed by atoms with Gasteiger partial charge in [0.05, 0.1) is 6.04 Å². The van der Waals surface area contributed by atoms with Crippen LogP contribution in [0.1, 0.15) is 41.4 Å². The van der Waals surface area contributed by atoms with Crippen LogP contribution in [-0.2, 0) is 11.3 Å². The summed E-state index contributed by atoms with van der Waals surface area (Å²) in [6, 6.07) is 20.9. The van der Waals surface area contributed by atoms with E-state index in [1.54, 1.807) is 24.0 Å². The van der Waals surface area contributed by atoms with Crippen molar-refractivity contribution in [2.45, 2.75) is 26.4 Å². The van der Waals surface area contributed by atoms with E-state index in [1.165, 1.54) is 18.2 Å². The van der Waals surface area contributed by atoms with E-state index >= 15 is 0 Å². The van der Waals surface area contributed by atoms with Crippen molar-refractivity contribution in [3.05, 3.63) is 95.3 Å². The van der Waals surface area contributed by atoms with Crippen LogP contribution >= 0.6 is 0 Å². The SMILES string of the molecule is CC(=O)N(Cc1cc(NC(=O)c2cccc(F)c2)ccc1N(C)C)[C@@H](C)c1ccccc1. The third-order valence-corrected chi connectivity index (χ3v) is 5.40. The maximum Gasteiger partial charge on any atom is 0.255 e. The van der Waals surface area contributed by atoms with Gasteiger partial charge >= 0.3 is 0 Å². The first-order chi connectivity index (χ1) is 15.3. The summed E-state index contributed by atoms with van der Waals surface area (Å²) in [5.41, 5.74) is 3.71. The Labute approximate surface area is 188 Å². The average Bonchev–Trinajstić information content (AvgIpc) is 2.77. The predicted molar refractivity (Wildman–Crippen MR) is 126 cm³/mol. The summed E-state index contributed by atoms with van der Waals surface area (Å²) in [4.78, 5) is 28.9. The van der Waals surface area contributed by atoms with Gasteiger partial charge in [-0.25, -0.2) is 4.39 Å². The number of anilines is 2. The normalized spacial score (nSPS) is 11.5. The van der Waals surface area contributed by atoms with Crippen molar-refractivity contribution in [3.63, 3.8) is 0 Å². The number of nitrogens with one attached hydrogen (secondary N) is 1. The zero-order valence-corrected chi connectivity index (χ0v) is 18.8. The van der Waals surface area contributed by atoms with Gasteiger partial charge in [-0.05, 0) is 54.4 Å². The molecule has 0 radical (unpaired) electrons. The number of hydrogen-bond acceptors (Lipinski definition) is 3. The van der Waals surface area contributed by atoms with Crippen molar-refractivity contribution in [1.82, 2.24) is 4.90 Å². The van der Waals surface area contributed by atoms with Crippen LogP contribution in [0.2, 0.25) is 0 Å². The molecule has 5 nitrogen and oxygen atoms in total. The Morgan fingerprint density at radius 1 is 0.969 bits per heavy atom. The van der Waals surface area contributed by atoms with E-state index in [0.717, 1.165) is 16.8 Å². The van der Waals surface area contributed by atoms with Gasteiger partial charge in [0.15, 0.2) is 0 Å². The Morgan fingerprint density at radius 3 is 2.31 bits per heavy atom. The molecule has 3 aromatic rings. The van der Waals surface area contributed by atoms with E-state index in [9.17, 15) is 14.0 Å². The fourth-order valence-corrected chi connectivity index (χ4v) is 3.68. The molecule has 0 fully saturated rings. The smallest absolute Gasteiger partial charge is 0.255 e. The standard InChI is InChI=1S/C26H28FN3O2/c1-18(20-9-6-5-7-10-20)30(19(2)31)17-22-16-24(13-14-25(22)29(3)4)28-26(32)21-11-8-12-23(27)15-21/h5-16,18H,17H2,1-4H3,(H,28,32)/t18-/m0/s1. The highest BCUT2D eigenvalue weighted by Crippen LogP contribution is 2.29. The van der Waals surface area contributed by atoms with Gasteiger partial charge in [0.25, 0.3) is 5.91 Å². The molecule has 0 heterocycles. The lowest BCUT2D eigenvalue weighted by atomic mass is 10.0. The molecule has 2 amide bonds.